The highest BCUT2D eigenvalue weighted by Crippen LogP contribution is 2.33. The fourth-order valence-electron chi connectivity index (χ4n) is 4.20. The predicted octanol–water partition coefficient (Wildman–Crippen LogP) is 5.35. The molecule has 7 nitrogen and oxygen atoms in total. The summed E-state index contributed by atoms with van der Waals surface area (Å²) in [5, 5.41) is 9.15. The first-order valence-corrected chi connectivity index (χ1v) is 13.9. The average Bonchev–Trinajstić information content (AvgIpc) is 3.17. The lowest BCUT2D eigenvalue weighted by Crippen LogP contribution is -2.47. The number of halogens is 3. The molecule has 0 aliphatic carbocycles. The van der Waals surface area contributed by atoms with Gasteiger partial charge in [-0.1, -0.05) is 46.9 Å². The van der Waals surface area contributed by atoms with Gasteiger partial charge in [0.1, 0.15) is 0 Å². The molecular weight excluding hydrogens is 531 g/mol. The third kappa shape index (κ3) is 5.52. The minimum atomic E-state index is -3.23. The molecule has 2 aromatic carbocycles. The van der Waals surface area contributed by atoms with Gasteiger partial charge in [-0.3, -0.25) is 4.79 Å². The molecule has 1 fully saturated rings. The number of nitrogens with zero attached hydrogens (tertiary/aromatic N) is 3. The fraction of sp³-hybridized carbons (Fsp3) is 0.333. The van der Waals surface area contributed by atoms with Crippen molar-refractivity contribution in [2.45, 2.75) is 32.7 Å². The molecule has 1 aliphatic heterocycles. The molecular formula is C24H25Cl3N4O3S. The fourth-order valence-corrected chi connectivity index (χ4v) is 5.95. The van der Waals surface area contributed by atoms with E-state index in [2.05, 4.69) is 10.4 Å². The van der Waals surface area contributed by atoms with Crippen LogP contribution in [0.3, 0.4) is 0 Å². The van der Waals surface area contributed by atoms with Gasteiger partial charge in [-0.15, -0.1) is 0 Å². The van der Waals surface area contributed by atoms with Gasteiger partial charge in [0, 0.05) is 40.3 Å². The second-order valence-corrected chi connectivity index (χ2v) is 11.9. The summed E-state index contributed by atoms with van der Waals surface area (Å²) in [7, 11) is -3.23. The topological polar surface area (TPSA) is 84.3 Å². The second kappa shape index (κ2) is 10.5. The lowest BCUT2D eigenvalue weighted by atomic mass is 10.0. The number of rotatable bonds is 6. The molecule has 0 bridgehead atoms. The molecule has 0 radical (unpaired) electrons. The Morgan fingerprint density at radius 1 is 1.06 bits per heavy atom. The molecule has 0 spiro atoms. The molecule has 1 saturated heterocycles. The van der Waals surface area contributed by atoms with Crippen LogP contribution in [0.1, 0.15) is 35.8 Å². The lowest BCUT2D eigenvalue weighted by molar-refractivity contribution is 0.0917. The van der Waals surface area contributed by atoms with Crippen molar-refractivity contribution in [3.63, 3.8) is 0 Å². The van der Waals surface area contributed by atoms with Gasteiger partial charge >= 0.3 is 0 Å². The van der Waals surface area contributed by atoms with Crippen LogP contribution in [0.2, 0.25) is 15.1 Å². The number of hydrogen-bond acceptors (Lipinski definition) is 4. The first-order valence-electron chi connectivity index (χ1n) is 11.2. The van der Waals surface area contributed by atoms with Crippen LogP contribution in [-0.4, -0.2) is 53.3 Å². The van der Waals surface area contributed by atoms with Crippen LogP contribution in [0.25, 0.3) is 16.9 Å². The third-order valence-corrected chi connectivity index (χ3v) is 8.81. The van der Waals surface area contributed by atoms with Crippen molar-refractivity contribution in [3.05, 3.63) is 68.8 Å². The van der Waals surface area contributed by atoms with Crippen LogP contribution in [0.15, 0.2) is 42.5 Å². The van der Waals surface area contributed by atoms with Gasteiger partial charge in [0.25, 0.3) is 5.91 Å². The van der Waals surface area contributed by atoms with Gasteiger partial charge in [-0.25, -0.2) is 17.4 Å². The smallest absolute Gasteiger partial charge is 0.272 e. The Morgan fingerprint density at radius 3 is 2.29 bits per heavy atom. The average molecular weight is 556 g/mol. The summed E-state index contributed by atoms with van der Waals surface area (Å²) < 4.78 is 27.4. The molecule has 35 heavy (non-hydrogen) atoms. The maximum absolute atomic E-state index is 13.3. The van der Waals surface area contributed by atoms with E-state index in [1.54, 1.807) is 41.9 Å². The summed E-state index contributed by atoms with van der Waals surface area (Å²) in [6.07, 6.45) is 1.08. The van der Waals surface area contributed by atoms with Gasteiger partial charge in [-0.05, 0) is 57.0 Å². The molecule has 0 atom stereocenters. The number of piperidine rings is 1. The zero-order chi connectivity index (χ0) is 25.3. The van der Waals surface area contributed by atoms with Crippen molar-refractivity contribution in [3.8, 4) is 16.9 Å². The first-order chi connectivity index (χ1) is 16.6. The van der Waals surface area contributed by atoms with Crippen LogP contribution in [0, 0.1) is 6.92 Å². The standard InChI is InChI=1S/C24H25Cl3N4O3S/c1-3-35(33,34)30-12-10-19(11-13-30)28-24(32)22-15(2)23(16-4-6-17(25)7-5-16)31(29-22)21-9-8-18(26)14-20(21)27/h4-9,14,19H,3,10-13H2,1-2H3,(H,28,32). The monoisotopic (exact) mass is 554 g/mol. The third-order valence-electron chi connectivity index (χ3n) is 6.14. The van der Waals surface area contributed by atoms with Crippen LogP contribution >= 0.6 is 34.8 Å². The minimum Gasteiger partial charge on any atom is -0.348 e. The van der Waals surface area contributed by atoms with E-state index >= 15 is 0 Å². The summed E-state index contributed by atoms with van der Waals surface area (Å²) in [6.45, 7) is 4.23. The predicted molar refractivity (Wildman–Crippen MR) is 140 cm³/mol. The molecule has 2 heterocycles. The van der Waals surface area contributed by atoms with E-state index in [1.165, 1.54) is 4.31 Å². The first kappa shape index (κ1) is 26.0. The number of aromatic nitrogens is 2. The van der Waals surface area contributed by atoms with E-state index in [4.69, 9.17) is 34.8 Å². The number of amides is 1. The highest BCUT2D eigenvalue weighted by atomic mass is 35.5. The molecule has 186 valence electrons. The van der Waals surface area contributed by atoms with Gasteiger partial charge in [0.15, 0.2) is 5.69 Å². The van der Waals surface area contributed by atoms with E-state index in [-0.39, 0.29) is 23.4 Å². The largest absolute Gasteiger partial charge is 0.348 e. The van der Waals surface area contributed by atoms with Crippen molar-refractivity contribution in [2.75, 3.05) is 18.8 Å². The van der Waals surface area contributed by atoms with E-state index < -0.39 is 10.0 Å². The molecule has 1 aliphatic rings. The van der Waals surface area contributed by atoms with Gasteiger partial charge in [-0.2, -0.15) is 5.10 Å². The summed E-state index contributed by atoms with van der Waals surface area (Å²) in [5.74, 6) is -0.250. The van der Waals surface area contributed by atoms with Gasteiger partial charge < -0.3 is 5.32 Å². The van der Waals surface area contributed by atoms with Crippen LogP contribution in [0.5, 0.6) is 0 Å². The Hall–Kier alpha value is -2.10. The summed E-state index contributed by atoms with van der Waals surface area (Å²) in [6, 6.07) is 12.2. The lowest BCUT2D eigenvalue weighted by Gasteiger charge is -2.31. The van der Waals surface area contributed by atoms with E-state index in [9.17, 15) is 13.2 Å². The maximum atomic E-state index is 13.3. The van der Waals surface area contributed by atoms with Gasteiger partial charge in [0.2, 0.25) is 10.0 Å². The van der Waals surface area contributed by atoms with E-state index in [0.717, 1.165) is 5.56 Å². The molecule has 0 unspecified atom stereocenters. The van der Waals surface area contributed by atoms with Crippen molar-refractivity contribution in [2.24, 2.45) is 0 Å². The summed E-state index contributed by atoms with van der Waals surface area (Å²) in [5.41, 5.74) is 3.06. The number of hydrogen-bond donors (Lipinski definition) is 1. The van der Waals surface area contributed by atoms with Crippen molar-refractivity contribution < 1.29 is 13.2 Å². The highest BCUT2D eigenvalue weighted by Gasteiger charge is 2.29. The molecule has 1 N–H and O–H groups in total. The quantitative estimate of drug-likeness (QED) is 0.444. The Morgan fingerprint density at radius 2 is 1.69 bits per heavy atom. The zero-order valence-corrected chi connectivity index (χ0v) is 22.3. The highest BCUT2D eigenvalue weighted by molar-refractivity contribution is 7.89. The molecule has 11 heteroatoms. The van der Waals surface area contributed by atoms with E-state index in [1.807, 2.05) is 19.1 Å². The Balaban J connectivity index is 1.65. The summed E-state index contributed by atoms with van der Waals surface area (Å²) in [4.78, 5) is 13.3. The van der Waals surface area contributed by atoms with Crippen molar-refractivity contribution in [1.29, 1.82) is 0 Å². The SMILES string of the molecule is CCS(=O)(=O)N1CCC(NC(=O)c2nn(-c3ccc(Cl)cc3Cl)c(-c3ccc(Cl)cc3)c2C)CC1. The number of nitrogens with one attached hydrogen (secondary N) is 1. The zero-order valence-electron chi connectivity index (χ0n) is 19.3. The Bertz CT molecular complexity index is 1350. The number of benzene rings is 2. The normalized spacial score (nSPS) is 15.3. The Labute approximate surface area is 220 Å². The maximum Gasteiger partial charge on any atom is 0.272 e. The molecule has 0 saturated carbocycles. The van der Waals surface area contributed by atoms with Crippen molar-refractivity contribution >= 4 is 50.7 Å². The van der Waals surface area contributed by atoms with Crippen molar-refractivity contribution in [1.82, 2.24) is 19.4 Å². The number of carbonyl (C=O) groups excluding carboxylic acids is 1. The number of carbonyl (C=O) groups is 1. The molecule has 3 aromatic rings. The van der Waals surface area contributed by atoms with Crippen LogP contribution < -0.4 is 5.32 Å². The van der Waals surface area contributed by atoms with Crippen LogP contribution in [-0.2, 0) is 10.0 Å². The van der Waals surface area contributed by atoms with Gasteiger partial charge in [0.05, 0.1) is 22.2 Å². The summed E-state index contributed by atoms with van der Waals surface area (Å²) >= 11 is 18.7. The Kier molecular flexibility index (Phi) is 7.78. The van der Waals surface area contributed by atoms with E-state index in [0.29, 0.717) is 57.9 Å². The minimum absolute atomic E-state index is 0.0708. The van der Waals surface area contributed by atoms with Crippen LogP contribution in [0.4, 0.5) is 0 Å². The second-order valence-electron chi connectivity index (χ2n) is 8.38. The molecule has 1 amide bonds. The molecule has 4 rings (SSSR count). The number of sulfonamides is 1. The molecule has 1 aromatic heterocycles.